The van der Waals surface area contributed by atoms with Crippen molar-refractivity contribution in [1.82, 2.24) is 5.32 Å². The van der Waals surface area contributed by atoms with Crippen LogP contribution in [0.1, 0.15) is 22.7 Å². The molecular weight excluding hydrogens is 386 g/mol. The zero-order valence-corrected chi connectivity index (χ0v) is 16.4. The Kier molecular flexibility index (Phi) is 7.20. The van der Waals surface area contributed by atoms with Gasteiger partial charge in [-0.1, -0.05) is 84.4 Å². The number of hydrogen-bond acceptors (Lipinski definition) is 3. The highest BCUT2D eigenvalue weighted by Gasteiger charge is 2.17. The van der Waals surface area contributed by atoms with Crippen LogP contribution in [0.15, 0.2) is 91.0 Å². The Morgan fingerprint density at radius 3 is 1.97 bits per heavy atom. The van der Waals surface area contributed by atoms with Gasteiger partial charge in [0.2, 0.25) is 0 Å². The Hall–Kier alpha value is -3.37. The van der Waals surface area contributed by atoms with Crippen molar-refractivity contribution in [2.75, 3.05) is 6.61 Å². The molecule has 3 aromatic rings. The molecule has 3 aromatic carbocycles. The highest BCUT2D eigenvalue weighted by Crippen LogP contribution is 2.21. The maximum Gasteiger partial charge on any atom is 0.331 e. The Balaban J connectivity index is 1.59. The average molecular weight is 406 g/mol. The summed E-state index contributed by atoms with van der Waals surface area (Å²) in [4.78, 5) is 24.3. The number of halogens is 1. The summed E-state index contributed by atoms with van der Waals surface area (Å²) in [5, 5.41) is 3.55. The SMILES string of the molecule is O=C(COC(=O)C=Cc1ccc(Cl)cc1)NC(c1ccccc1)c1ccccc1. The fourth-order valence-electron chi connectivity index (χ4n) is 2.78. The average Bonchev–Trinajstić information content (AvgIpc) is 2.77. The number of rotatable bonds is 7. The largest absolute Gasteiger partial charge is 0.452 e. The van der Waals surface area contributed by atoms with Crippen LogP contribution < -0.4 is 5.32 Å². The van der Waals surface area contributed by atoms with E-state index in [1.54, 1.807) is 30.3 Å². The molecule has 3 rings (SSSR count). The zero-order valence-electron chi connectivity index (χ0n) is 15.6. The Labute approximate surface area is 174 Å². The molecule has 0 aromatic heterocycles. The van der Waals surface area contributed by atoms with E-state index in [4.69, 9.17) is 16.3 Å². The summed E-state index contributed by atoms with van der Waals surface area (Å²) < 4.78 is 5.06. The van der Waals surface area contributed by atoms with Gasteiger partial charge in [0.25, 0.3) is 5.91 Å². The number of carbonyl (C=O) groups is 2. The minimum absolute atomic E-state index is 0.326. The first kappa shape index (κ1) is 20.4. The van der Waals surface area contributed by atoms with Crippen LogP contribution in [0.5, 0.6) is 0 Å². The number of benzene rings is 3. The number of ether oxygens (including phenoxy) is 1. The fourth-order valence-corrected chi connectivity index (χ4v) is 2.90. The van der Waals surface area contributed by atoms with Crippen LogP contribution in [0.25, 0.3) is 6.08 Å². The van der Waals surface area contributed by atoms with E-state index in [1.807, 2.05) is 60.7 Å². The van der Waals surface area contributed by atoms with Gasteiger partial charge in [0.15, 0.2) is 6.61 Å². The lowest BCUT2D eigenvalue weighted by Gasteiger charge is -2.19. The van der Waals surface area contributed by atoms with Crippen molar-refractivity contribution in [2.24, 2.45) is 0 Å². The van der Waals surface area contributed by atoms with E-state index < -0.39 is 5.97 Å². The molecule has 0 saturated carbocycles. The molecule has 146 valence electrons. The van der Waals surface area contributed by atoms with Gasteiger partial charge in [-0.05, 0) is 34.9 Å². The van der Waals surface area contributed by atoms with Crippen molar-refractivity contribution in [2.45, 2.75) is 6.04 Å². The lowest BCUT2D eigenvalue weighted by molar-refractivity contribution is -0.143. The number of nitrogens with one attached hydrogen (secondary N) is 1. The van der Waals surface area contributed by atoms with Crippen LogP contribution >= 0.6 is 11.6 Å². The van der Waals surface area contributed by atoms with E-state index >= 15 is 0 Å². The first-order valence-corrected chi connectivity index (χ1v) is 9.49. The van der Waals surface area contributed by atoms with Gasteiger partial charge in [-0.25, -0.2) is 4.79 Å². The molecule has 0 aliphatic carbocycles. The third kappa shape index (κ3) is 6.33. The van der Waals surface area contributed by atoms with Gasteiger partial charge in [0, 0.05) is 11.1 Å². The Bertz CT molecular complexity index is 931. The molecule has 29 heavy (non-hydrogen) atoms. The van der Waals surface area contributed by atoms with Crippen molar-refractivity contribution in [1.29, 1.82) is 0 Å². The van der Waals surface area contributed by atoms with Crippen molar-refractivity contribution < 1.29 is 14.3 Å². The molecule has 0 spiro atoms. The van der Waals surface area contributed by atoms with Crippen LogP contribution in [0, 0.1) is 0 Å². The van der Waals surface area contributed by atoms with Crippen LogP contribution in [0.2, 0.25) is 5.02 Å². The number of amides is 1. The second kappa shape index (κ2) is 10.2. The van der Waals surface area contributed by atoms with Crippen molar-refractivity contribution in [3.63, 3.8) is 0 Å². The summed E-state index contributed by atoms with van der Waals surface area (Å²) in [5.41, 5.74) is 2.70. The third-order valence-corrected chi connectivity index (χ3v) is 4.45. The monoisotopic (exact) mass is 405 g/mol. The topological polar surface area (TPSA) is 55.4 Å². The van der Waals surface area contributed by atoms with Crippen molar-refractivity contribution >= 4 is 29.6 Å². The van der Waals surface area contributed by atoms with Gasteiger partial charge in [0.1, 0.15) is 0 Å². The molecule has 0 fully saturated rings. The molecular formula is C24H20ClNO3. The lowest BCUT2D eigenvalue weighted by atomic mass is 9.99. The second-order valence-corrected chi connectivity index (χ2v) is 6.75. The first-order valence-electron chi connectivity index (χ1n) is 9.11. The van der Waals surface area contributed by atoms with Gasteiger partial charge in [0.05, 0.1) is 6.04 Å². The summed E-state index contributed by atoms with van der Waals surface area (Å²) >= 11 is 5.83. The smallest absolute Gasteiger partial charge is 0.331 e. The molecule has 0 bridgehead atoms. The first-order chi connectivity index (χ1) is 14.1. The molecule has 0 atom stereocenters. The normalized spacial score (nSPS) is 10.8. The molecule has 0 aliphatic heterocycles. The molecule has 5 heteroatoms. The maximum absolute atomic E-state index is 12.4. The van der Waals surface area contributed by atoms with Gasteiger partial charge < -0.3 is 10.1 Å². The van der Waals surface area contributed by atoms with E-state index in [0.717, 1.165) is 16.7 Å². The highest BCUT2D eigenvalue weighted by molar-refractivity contribution is 6.30. The van der Waals surface area contributed by atoms with Crippen molar-refractivity contribution in [3.8, 4) is 0 Å². The predicted molar refractivity (Wildman–Crippen MR) is 114 cm³/mol. The summed E-state index contributed by atoms with van der Waals surface area (Å²) in [6.45, 7) is -0.361. The van der Waals surface area contributed by atoms with Crippen LogP contribution in [-0.4, -0.2) is 18.5 Å². The van der Waals surface area contributed by atoms with Gasteiger partial charge in [-0.15, -0.1) is 0 Å². The van der Waals surface area contributed by atoms with E-state index in [0.29, 0.717) is 5.02 Å². The summed E-state index contributed by atoms with van der Waals surface area (Å²) in [6.07, 6.45) is 2.88. The standard InChI is InChI=1S/C24H20ClNO3/c25-21-14-11-18(12-15-21)13-16-23(28)29-17-22(27)26-24(19-7-3-1-4-8-19)20-9-5-2-6-10-20/h1-16,24H,17H2,(H,26,27). The van der Waals surface area contributed by atoms with Crippen LogP contribution in [-0.2, 0) is 14.3 Å². The second-order valence-electron chi connectivity index (χ2n) is 6.31. The van der Waals surface area contributed by atoms with Crippen LogP contribution in [0.4, 0.5) is 0 Å². The number of esters is 1. The summed E-state index contributed by atoms with van der Waals surface area (Å²) in [5.74, 6) is -0.970. The van der Waals surface area contributed by atoms with E-state index in [2.05, 4.69) is 5.32 Å². The van der Waals surface area contributed by atoms with Crippen molar-refractivity contribution in [3.05, 3.63) is 113 Å². The van der Waals surface area contributed by atoms with Gasteiger partial charge in [-0.3, -0.25) is 4.79 Å². The molecule has 0 radical (unpaired) electrons. The molecule has 0 heterocycles. The molecule has 0 unspecified atom stereocenters. The predicted octanol–water partition coefficient (Wildman–Crippen LogP) is 4.80. The van der Waals surface area contributed by atoms with Gasteiger partial charge in [-0.2, -0.15) is 0 Å². The van der Waals surface area contributed by atoms with Gasteiger partial charge >= 0.3 is 5.97 Å². The summed E-state index contributed by atoms with van der Waals surface area (Å²) in [6, 6.07) is 26.0. The lowest BCUT2D eigenvalue weighted by Crippen LogP contribution is -2.32. The minimum Gasteiger partial charge on any atom is -0.452 e. The molecule has 0 saturated heterocycles. The molecule has 4 nitrogen and oxygen atoms in total. The number of carbonyl (C=O) groups excluding carboxylic acids is 2. The Morgan fingerprint density at radius 1 is 0.862 bits per heavy atom. The van der Waals surface area contributed by atoms with E-state index in [1.165, 1.54) is 6.08 Å². The number of hydrogen-bond donors (Lipinski definition) is 1. The quantitative estimate of drug-likeness (QED) is 0.453. The molecule has 0 aliphatic rings. The zero-order chi connectivity index (χ0) is 20.5. The highest BCUT2D eigenvalue weighted by atomic mass is 35.5. The fraction of sp³-hybridized carbons (Fsp3) is 0.0833. The maximum atomic E-state index is 12.4. The molecule has 1 amide bonds. The molecule has 1 N–H and O–H groups in total. The third-order valence-electron chi connectivity index (χ3n) is 4.20. The minimum atomic E-state index is -0.592. The van der Waals surface area contributed by atoms with E-state index in [9.17, 15) is 9.59 Å². The summed E-state index contributed by atoms with van der Waals surface area (Å²) in [7, 11) is 0. The van der Waals surface area contributed by atoms with E-state index in [-0.39, 0.29) is 18.6 Å². The Morgan fingerprint density at radius 2 is 1.41 bits per heavy atom. The van der Waals surface area contributed by atoms with Crippen LogP contribution in [0.3, 0.4) is 0 Å².